The number of hydrogen-bond donors (Lipinski definition) is 0. The Hall–Kier alpha value is -2.33. The third kappa shape index (κ3) is 2.50. The first kappa shape index (κ1) is 13.6. The predicted octanol–water partition coefficient (Wildman–Crippen LogP) is 3.08. The zero-order valence-electron chi connectivity index (χ0n) is 11.3. The van der Waals surface area contributed by atoms with Gasteiger partial charge in [-0.15, -0.1) is 0 Å². The first-order chi connectivity index (χ1) is 10.1. The Morgan fingerprint density at radius 2 is 1.95 bits per heavy atom. The average Bonchev–Trinajstić information content (AvgIpc) is 2.70. The van der Waals surface area contributed by atoms with Gasteiger partial charge < -0.3 is 9.64 Å². The highest BCUT2D eigenvalue weighted by atomic mass is 35.5. The number of hydrogen-bond acceptors (Lipinski definition) is 3. The summed E-state index contributed by atoms with van der Waals surface area (Å²) in [5, 5.41) is 0.646. The van der Waals surface area contributed by atoms with E-state index < -0.39 is 11.7 Å². The SMILES string of the molecule is CN1C(=O)C(=O)c2cc(OCc3cccc(Cl)c3)ccc21. The summed E-state index contributed by atoms with van der Waals surface area (Å²) in [5.41, 5.74) is 1.92. The molecule has 1 amide bonds. The van der Waals surface area contributed by atoms with Crippen molar-refractivity contribution in [2.24, 2.45) is 0 Å². The van der Waals surface area contributed by atoms with Crippen LogP contribution < -0.4 is 9.64 Å². The molecule has 21 heavy (non-hydrogen) atoms. The van der Waals surface area contributed by atoms with Crippen LogP contribution in [-0.4, -0.2) is 18.7 Å². The van der Waals surface area contributed by atoms with Gasteiger partial charge in [0.1, 0.15) is 12.4 Å². The lowest BCUT2D eigenvalue weighted by Gasteiger charge is -2.10. The van der Waals surface area contributed by atoms with Crippen LogP contribution in [0.4, 0.5) is 5.69 Å². The van der Waals surface area contributed by atoms with Gasteiger partial charge in [-0.05, 0) is 35.9 Å². The molecule has 0 aromatic heterocycles. The number of ketones is 1. The van der Waals surface area contributed by atoms with Gasteiger partial charge in [-0.25, -0.2) is 0 Å². The molecule has 0 aliphatic carbocycles. The van der Waals surface area contributed by atoms with Gasteiger partial charge in [0.15, 0.2) is 0 Å². The fourth-order valence-corrected chi connectivity index (χ4v) is 2.46. The van der Waals surface area contributed by atoms with Crippen LogP contribution in [0.15, 0.2) is 42.5 Å². The zero-order valence-corrected chi connectivity index (χ0v) is 12.1. The molecule has 2 aromatic rings. The summed E-state index contributed by atoms with van der Waals surface area (Å²) in [4.78, 5) is 24.8. The molecule has 5 heteroatoms. The van der Waals surface area contributed by atoms with E-state index in [0.29, 0.717) is 28.6 Å². The van der Waals surface area contributed by atoms with E-state index in [4.69, 9.17) is 16.3 Å². The molecule has 0 atom stereocenters. The molecule has 1 heterocycles. The Morgan fingerprint density at radius 1 is 1.14 bits per heavy atom. The number of halogens is 1. The van der Waals surface area contributed by atoms with Crippen molar-refractivity contribution >= 4 is 29.0 Å². The van der Waals surface area contributed by atoms with E-state index in [1.165, 1.54) is 4.90 Å². The summed E-state index contributed by atoms with van der Waals surface area (Å²) in [5.74, 6) is -0.470. The van der Waals surface area contributed by atoms with E-state index >= 15 is 0 Å². The van der Waals surface area contributed by atoms with Crippen LogP contribution in [0.1, 0.15) is 15.9 Å². The fourth-order valence-electron chi connectivity index (χ4n) is 2.25. The Bertz CT molecular complexity index is 742. The predicted molar refractivity (Wildman–Crippen MR) is 80.0 cm³/mol. The number of rotatable bonds is 3. The van der Waals surface area contributed by atoms with E-state index in [1.807, 2.05) is 18.2 Å². The number of ether oxygens (including phenoxy) is 1. The number of nitrogens with zero attached hydrogens (tertiary/aromatic N) is 1. The van der Waals surface area contributed by atoms with Crippen LogP contribution in [0, 0.1) is 0 Å². The number of benzene rings is 2. The Morgan fingerprint density at radius 3 is 2.71 bits per heavy atom. The van der Waals surface area contributed by atoms with Crippen molar-refractivity contribution in [2.45, 2.75) is 6.61 Å². The molecule has 0 saturated carbocycles. The van der Waals surface area contributed by atoms with Gasteiger partial charge in [0.05, 0.1) is 11.3 Å². The van der Waals surface area contributed by atoms with Gasteiger partial charge >= 0.3 is 0 Å². The highest BCUT2D eigenvalue weighted by Gasteiger charge is 2.33. The lowest BCUT2D eigenvalue weighted by Crippen LogP contribution is -2.24. The summed E-state index contributed by atoms with van der Waals surface area (Å²) in [7, 11) is 1.58. The highest BCUT2D eigenvalue weighted by Crippen LogP contribution is 2.31. The molecule has 106 valence electrons. The maximum absolute atomic E-state index is 11.8. The average molecular weight is 302 g/mol. The minimum atomic E-state index is -0.517. The van der Waals surface area contributed by atoms with Crippen molar-refractivity contribution in [3.05, 3.63) is 58.6 Å². The molecule has 0 radical (unpaired) electrons. The Labute approximate surface area is 126 Å². The third-order valence-electron chi connectivity index (χ3n) is 3.37. The molecule has 3 rings (SSSR count). The molecule has 1 aliphatic rings. The van der Waals surface area contributed by atoms with E-state index in [0.717, 1.165) is 5.56 Å². The molecule has 2 aromatic carbocycles. The second-order valence-electron chi connectivity index (χ2n) is 4.79. The van der Waals surface area contributed by atoms with Crippen molar-refractivity contribution in [1.82, 2.24) is 0 Å². The molecule has 1 aliphatic heterocycles. The van der Waals surface area contributed by atoms with Crippen LogP contribution >= 0.6 is 11.6 Å². The summed E-state index contributed by atoms with van der Waals surface area (Å²) < 4.78 is 5.65. The third-order valence-corrected chi connectivity index (χ3v) is 3.60. The molecule has 0 unspecified atom stereocenters. The van der Waals surface area contributed by atoms with Crippen molar-refractivity contribution < 1.29 is 14.3 Å². The standard InChI is InChI=1S/C16H12ClNO3/c1-18-14-6-5-12(8-13(14)15(19)16(18)20)21-9-10-3-2-4-11(17)7-10/h2-8H,9H2,1H3. The van der Waals surface area contributed by atoms with Crippen LogP contribution in [0.3, 0.4) is 0 Å². The maximum atomic E-state index is 11.8. The first-order valence-corrected chi connectivity index (χ1v) is 6.78. The zero-order chi connectivity index (χ0) is 15.0. The monoisotopic (exact) mass is 301 g/mol. The second kappa shape index (κ2) is 5.22. The van der Waals surface area contributed by atoms with Gasteiger partial charge in [-0.1, -0.05) is 23.7 Å². The van der Waals surface area contributed by atoms with Gasteiger partial charge in [-0.2, -0.15) is 0 Å². The van der Waals surface area contributed by atoms with Crippen molar-refractivity contribution in [2.75, 3.05) is 11.9 Å². The number of likely N-dealkylation sites (N-methyl/N-ethyl adjacent to an activating group) is 1. The molecule has 0 spiro atoms. The van der Waals surface area contributed by atoms with Crippen LogP contribution in [0.5, 0.6) is 5.75 Å². The van der Waals surface area contributed by atoms with Crippen molar-refractivity contribution in [3.8, 4) is 5.75 Å². The van der Waals surface area contributed by atoms with Gasteiger partial charge in [0, 0.05) is 12.1 Å². The van der Waals surface area contributed by atoms with Crippen LogP contribution in [0.25, 0.3) is 0 Å². The normalized spacial score (nSPS) is 13.5. The Balaban J connectivity index is 1.80. The minimum Gasteiger partial charge on any atom is -0.489 e. The lowest BCUT2D eigenvalue weighted by molar-refractivity contribution is -0.114. The smallest absolute Gasteiger partial charge is 0.299 e. The van der Waals surface area contributed by atoms with Crippen LogP contribution in [-0.2, 0) is 11.4 Å². The number of fused-ring (bicyclic) bond motifs is 1. The molecule has 4 nitrogen and oxygen atoms in total. The van der Waals surface area contributed by atoms with E-state index in [1.54, 1.807) is 31.3 Å². The molecule has 0 saturated heterocycles. The molecule has 0 bridgehead atoms. The Kier molecular flexibility index (Phi) is 3.39. The topological polar surface area (TPSA) is 46.6 Å². The van der Waals surface area contributed by atoms with E-state index in [9.17, 15) is 9.59 Å². The number of Topliss-reactive ketones (excluding diaryl/α,β-unsaturated/α-hetero) is 1. The van der Waals surface area contributed by atoms with Crippen LogP contribution in [0.2, 0.25) is 5.02 Å². The molecule has 0 fully saturated rings. The quantitative estimate of drug-likeness (QED) is 0.819. The largest absolute Gasteiger partial charge is 0.489 e. The van der Waals surface area contributed by atoms with Gasteiger partial charge in [0.25, 0.3) is 11.7 Å². The molecule has 0 N–H and O–H groups in total. The van der Waals surface area contributed by atoms with Crippen molar-refractivity contribution in [3.63, 3.8) is 0 Å². The van der Waals surface area contributed by atoms with E-state index in [-0.39, 0.29) is 0 Å². The lowest BCUT2D eigenvalue weighted by atomic mass is 10.1. The second-order valence-corrected chi connectivity index (χ2v) is 5.23. The number of anilines is 1. The molecular weight excluding hydrogens is 290 g/mol. The number of carbonyl (C=O) groups excluding carboxylic acids is 2. The molecular formula is C16H12ClNO3. The van der Waals surface area contributed by atoms with Crippen molar-refractivity contribution in [1.29, 1.82) is 0 Å². The number of amides is 1. The van der Waals surface area contributed by atoms with E-state index in [2.05, 4.69) is 0 Å². The summed E-state index contributed by atoms with van der Waals surface area (Å²) in [6.45, 7) is 0.345. The van der Waals surface area contributed by atoms with Gasteiger partial charge in [0.2, 0.25) is 0 Å². The maximum Gasteiger partial charge on any atom is 0.299 e. The van der Waals surface area contributed by atoms with Gasteiger partial charge in [-0.3, -0.25) is 9.59 Å². The summed E-state index contributed by atoms with van der Waals surface area (Å²) in [6.07, 6.45) is 0. The fraction of sp³-hybridized carbons (Fsp3) is 0.125. The minimum absolute atomic E-state index is 0.345. The first-order valence-electron chi connectivity index (χ1n) is 6.40. The summed E-state index contributed by atoms with van der Waals surface area (Å²) in [6, 6.07) is 12.4. The number of carbonyl (C=O) groups is 2. The summed E-state index contributed by atoms with van der Waals surface area (Å²) >= 11 is 5.91. The highest BCUT2D eigenvalue weighted by molar-refractivity contribution is 6.52.